The molecule has 0 heterocycles. The monoisotopic (exact) mass is 102 g/mol. The minimum atomic E-state index is 0.319. The summed E-state index contributed by atoms with van der Waals surface area (Å²) < 4.78 is 7.88. The summed E-state index contributed by atoms with van der Waals surface area (Å²) in [7, 11) is 0. The van der Waals surface area contributed by atoms with Crippen molar-refractivity contribution in [2.75, 3.05) is 0 Å². The standard InChI is InChI=1S/C2H5.Fe.H2O/c1-2;;/h1H2,2H3;;1H2/q;+1;/p-1. The van der Waals surface area contributed by atoms with E-state index >= 15 is 0 Å². The van der Waals surface area contributed by atoms with Crippen molar-refractivity contribution in [3.8, 4) is 0 Å². The summed E-state index contributed by atoms with van der Waals surface area (Å²) in [5.74, 6) is 0. The molecule has 0 radical (unpaired) electrons. The molecule has 4 heavy (non-hydrogen) atoms. The van der Waals surface area contributed by atoms with E-state index < -0.39 is 0 Å². The van der Waals surface area contributed by atoms with Crippen molar-refractivity contribution in [2.45, 2.75) is 12.2 Å². The molecule has 0 aliphatic rings. The molecule has 0 aromatic rings. The first-order valence-corrected chi connectivity index (χ1v) is 2.39. The first kappa shape index (κ1) is 4.48. The Morgan fingerprint density at radius 3 is 2.25 bits per heavy atom. The molecule has 1 nitrogen and oxygen atoms in total. The number of rotatable bonds is 1. The summed E-state index contributed by atoms with van der Waals surface area (Å²) in [4.78, 5) is 0. The molecule has 0 saturated carbocycles. The zero-order valence-corrected chi connectivity index (χ0v) is 3.61. The second kappa shape index (κ2) is 3.48. The Labute approximate surface area is 32.5 Å². The molecule has 0 amide bonds. The van der Waals surface area contributed by atoms with Gasteiger partial charge >= 0.3 is 31.7 Å². The van der Waals surface area contributed by atoms with Crippen molar-refractivity contribution in [3.05, 3.63) is 0 Å². The molecule has 28 valence electrons. The Bertz CT molecular complexity index is 8.00. The van der Waals surface area contributed by atoms with Crippen molar-refractivity contribution >= 4 is 0 Å². The molecule has 0 fully saturated rings. The molecule has 0 aromatic heterocycles. The summed E-state index contributed by atoms with van der Waals surface area (Å²) in [5.41, 5.74) is 0. The SMILES string of the molecule is C[CH2][Fe][OH]. The molecule has 0 rings (SSSR count). The van der Waals surface area contributed by atoms with E-state index in [1.807, 2.05) is 6.92 Å². The van der Waals surface area contributed by atoms with Crippen LogP contribution in [0.4, 0.5) is 0 Å². The third kappa shape index (κ3) is 2.48. The third-order valence-corrected chi connectivity index (χ3v) is 0.461. The van der Waals surface area contributed by atoms with Gasteiger partial charge in [0.15, 0.2) is 0 Å². The van der Waals surface area contributed by atoms with E-state index in [0.29, 0.717) is 15.3 Å². The van der Waals surface area contributed by atoms with Crippen molar-refractivity contribution in [3.63, 3.8) is 0 Å². The van der Waals surface area contributed by atoms with Crippen LogP contribution in [0.3, 0.4) is 0 Å². The van der Waals surface area contributed by atoms with Gasteiger partial charge in [0.25, 0.3) is 0 Å². The van der Waals surface area contributed by atoms with E-state index in [-0.39, 0.29) is 0 Å². The maximum atomic E-state index is 7.88. The van der Waals surface area contributed by atoms with Crippen molar-refractivity contribution in [2.24, 2.45) is 0 Å². The van der Waals surface area contributed by atoms with E-state index in [9.17, 15) is 0 Å². The second-order valence-corrected chi connectivity index (χ2v) is 1.49. The van der Waals surface area contributed by atoms with Crippen molar-refractivity contribution < 1.29 is 19.5 Å². The molecule has 0 aliphatic carbocycles. The topological polar surface area (TPSA) is 20.2 Å². The van der Waals surface area contributed by atoms with E-state index in [1.54, 1.807) is 0 Å². The predicted octanol–water partition coefficient (Wildman–Crippen LogP) is 0.414. The van der Waals surface area contributed by atoms with Crippen LogP contribution in [0.5, 0.6) is 0 Å². The zero-order chi connectivity index (χ0) is 3.41. The van der Waals surface area contributed by atoms with Gasteiger partial charge in [-0.3, -0.25) is 0 Å². The molecule has 0 unspecified atom stereocenters. The van der Waals surface area contributed by atoms with Crippen molar-refractivity contribution in [1.29, 1.82) is 0 Å². The van der Waals surface area contributed by atoms with E-state index in [1.165, 1.54) is 0 Å². The van der Waals surface area contributed by atoms with Crippen LogP contribution in [0.15, 0.2) is 0 Å². The van der Waals surface area contributed by atoms with Gasteiger partial charge in [-0.2, -0.15) is 0 Å². The average molecular weight is 102 g/mol. The summed E-state index contributed by atoms with van der Waals surface area (Å²) >= 11 is 0.319. The maximum absolute atomic E-state index is 7.88. The molecule has 1 N–H and O–H groups in total. The normalized spacial score (nSPS) is 8.50. The Morgan fingerprint density at radius 2 is 2.25 bits per heavy atom. The fourth-order valence-corrected chi connectivity index (χ4v) is 0. The predicted molar refractivity (Wildman–Crippen MR) is 12.7 cm³/mol. The fraction of sp³-hybridized carbons (Fsp3) is 1.00. The zero-order valence-electron chi connectivity index (χ0n) is 2.51. The minimum absolute atomic E-state index is 0.319. The van der Waals surface area contributed by atoms with Gasteiger partial charge in [-0.15, -0.1) is 0 Å². The van der Waals surface area contributed by atoms with E-state index in [4.69, 9.17) is 4.19 Å². The molecular formula is C2H6FeO. The van der Waals surface area contributed by atoms with Gasteiger partial charge in [0.1, 0.15) is 0 Å². The molecule has 0 bridgehead atoms. The Hall–Kier alpha value is 0.479. The number of hydrogen-bond acceptors (Lipinski definition) is 1. The van der Waals surface area contributed by atoms with Crippen LogP contribution in [-0.4, -0.2) is 4.19 Å². The fourth-order valence-electron chi connectivity index (χ4n) is 0. The Morgan fingerprint density at radius 1 is 2.00 bits per heavy atom. The molecule has 0 spiro atoms. The van der Waals surface area contributed by atoms with Gasteiger partial charge in [-0.25, -0.2) is 0 Å². The van der Waals surface area contributed by atoms with Crippen LogP contribution in [-0.2, 0) is 15.3 Å². The van der Waals surface area contributed by atoms with Gasteiger partial charge < -0.3 is 0 Å². The van der Waals surface area contributed by atoms with Crippen molar-refractivity contribution in [1.82, 2.24) is 0 Å². The summed E-state index contributed by atoms with van der Waals surface area (Å²) in [6, 6.07) is 0. The van der Waals surface area contributed by atoms with Crippen LogP contribution in [0.1, 0.15) is 6.92 Å². The van der Waals surface area contributed by atoms with Crippen LogP contribution in [0.25, 0.3) is 0 Å². The van der Waals surface area contributed by atoms with Gasteiger partial charge in [-0.05, 0) is 0 Å². The molecule has 2 heteroatoms. The second-order valence-electron chi connectivity index (χ2n) is 0.362. The Kier molecular flexibility index (Phi) is 3.90. The first-order valence-electron chi connectivity index (χ1n) is 1.12. The van der Waals surface area contributed by atoms with Crippen LogP contribution in [0.2, 0.25) is 5.32 Å². The van der Waals surface area contributed by atoms with E-state index in [0.717, 1.165) is 5.32 Å². The Balaban J connectivity index is 1.97. The van der Waals surface area contributed by atoms with Gasteiger partial charge in [0, 0.05) is 0 Å². The van der Waals surface area contributed by atoms with Crippen LogP contribution >= 0.6 is 0 Å². The van der Waals surface area contributed by atoms with Gasteiger partial charge in [0.05, 0.1) is 0 Å². The van der Waals surface area contributed by atoms with Gasteiger partial charge in [-0.1, -0.05) is 0 Å². The van der Waals surface area contributed by atoms with Crippen LogP contribution < -0.4 is 0 Å². The van der Waals surface area contributed by atoms with Gasteiger partial charge in [0.2, 0.25) is 0 Å². The quantitative estimate of drug-likeness (QED) is 0.475. The number of hydrogen-bond donors (Lipinski definition) is 1. The molecule has 0 aromatic carbocycles. The molecule has 0 saturated heterocycles. The first-order chi connectivity index (χ1) is 1.91. The molecular weight excluding hydrogens is 95.9 g/mol. The average Bonchev–Trinajstić information content (AvgIpc) is 1.37. The van der Waals surface area contributed by atoms with E-state index in [2.05, 4.69) is 0 Å². The van der Waals surface area contributed by atoms with Crippen LogP contribution in [0, 0.1) is 0 Å². The molecule has 0 aliphatic heterocycles. The molecule has 0 atom stereocenters. The summed E-state index contributed by atoms with van der Waals surface area (Å²) in [6.45, 7) is 1.93. The summed E-state index contributed by atoms with van der Waals surface area (Å²) in [5, 5.41) is 0.875. The third-order valence-electron chi connectivity index (χ3n) is 0.112. The summed E-state index contributed by atoms with van der Waals surface area (Å²) in [6.07, 6.45) is 0.